The molecule has 1 aliphatic rings. The number of aryl methyl sites for hydroxylation is 1. The van der Waals surface area contributed by atoms with Crippen LogP contribution in [0.5, 0.6) is 0 Å². The second-order valence-corrected chi connectivity index (χ2v) is 4.33. The second-order valence-electron chi connectivity index (χ2n) is 4.33. The molecule has 1 fully saturated rings. The van der Waals surface area contributed by atoms with Gasteiger partial charge in [-0.25, -0.2) is 0 Å². The van der Waals surface area contributed by atoms with Crippen molar-refractivity contribution in [2.24, 2.45) is 7.05 Å². The van der Waals surface area contributed by atoms with E-state index in [4.69, 9.17) is 5.73 Å². The minimum atomic E-state index is 0.621. The number of nitrogens with zero attached hydrogens (tertiary/aromatic N) is 3. The largest absolute Gasteiger partial charge is 0.394 e. The van der Waals surface area contributed by atoms with Crippen molar-refractivity contribution >= 4 is 11.5 Å². The number of aromatic nitrogens is 2. The molecule has 0 aromatic carbocycles. The predicted molar refractivity (Wildman–Crippen MR) is 62.9 cm³/mol. The summed E-state index contributed by atoms with van der Waals surface area (Å²) in [6.07, 6.45) is 6.92. The molecule has 84 valence electrons. The van der Waals surface area contributed by atoms with Gasteiger partial charge in [0.2, 0.25) is 0 Å². The molecule has 1 aromatic rings. The average molecular weight is 208 g/mol. The van der Waals surface area contributed by atoms with E-state index in [1.807, 2.05) is 13.2 Å². The summed E-state index contributed by atoms with van der Waals surface area (Å²) >= 11 is 0. The average Bonchev–Trinajstić information content (AvgIpc) is 2.57. The van der Waals surface area contributed by atoms with Crippen molar-refractivity contribution in [3.63, 3.8) is 0 Å². The van der Waals surface area contributed by atoms with Crippen molar-refractivity contribution in [3.05, 3.63) is 6.20 Å². The Morgan fingerprint density at radius 2 is 2.33 bits per heavy atom. The fraction of sp³-hybridized carbons (Fsp3) is 0.727. The summed E-state index contributed by atoms with van der Waals surface area (Å²) < 4.78 is 1.80. The Kier molecular flexibility index (Phi) is 2.84. The molecule has 4 heteroatoms. The van der Waals surface area contributed by atoms with Gasteiger partial charge in [-0.1, -0.05) is 6.92 Å². The third-order valence-corrected chi connectivity index (χ3v) is 3.21. The molecule has 4 nitrogen and oxygen atoms in total. The number of piperidine rings is 1. The molecule has 0 bridgehead atoms. The van der Waals surface area contributed by atoms with Gasteiger partial charge in [0, 0.05) is 25.8 Å². The molecule has 0 aliphatic carbocycles. The summed E-state index contributed by atoms with van der Waals surface area (Å²) in [6.45, 7) is 3.34. The predicted octanol–water partition coefficient (Wildman–Crippen LogP) is 1.77. The van der Waals surface area contributed by atoms with E-state index in [0.717, 1.165) is 18.1 Å². The summed E-state index contributed by atoms with van der Waals surface area (Å²) in [5.41, 5.74) is 6.77. The normalized spacial score (nSPS) is 22.0. The van der Waals surface area contributed by atoms with Crippen LogP contribution in [-0.2, 0) is 7.05 Å². The van der Waals surface area contributed by atoms with E-state index in [0.29, 0.717) is 6.04 Å². The number of hydrogen-bond donors (Lipinski definition) is 1. The molecule has 2 heterocycles. The molecule has 0 amide bonds. The number of nitrogen functional groups attached to an aromatic ring is 1. The summed E-state index contributed by atoms with van der Waals surface area (Å²) in [5.74, 6) is 0.976. The molecule has 0 radical (unpaired) electrons. The third-order valence-electron chi connectivity index (χ3n) is 3.21. The lowest BCUT2D eigenvalue weighted by Crippen LogP contribution is -2.39. The van der Waals surface area contributed by atoms with Gasteiger partial charge in [-0.3, -0.25) is 4.68 Å². The Labute approximate surface area is 91.1 Å². The first kappa shape index (κ1) is 10.3. The Morgan fingerprint density at radius 1 is 1.53 bits per heavy atom. The molecule has 1 aromatic heterocycles. The van der Waals surface area contributed by atoms with Gasteiger partial charge < -0.3 is 10.6 Å². The van der Waals surface area contributed by atoms with Gasteiger partial charge in [0.05, 0.1) is 5.69 Å². The van der Waals surface area contributed by atoms with Gasteiger partial charge in [-0.05, 0) is 25.7 Å². The second kappa shape index (κ2) is 4.13. The number of nitrogens with two attached hydrogens (primary N) is 1. The lowest BCUT2D eigenvalue weighted by atomic mass is 10.00. The first-order chi connectivity index (χ1) is 7.22. The van der Waals surface area contributed by atoms with E-state index in [-0.39, 0.29) is 0 Å². The van der Waals surface area contributed by atoms with Crippen molar-refractivity contribution in [1.29, 1.82) is 0 Å². The molecule has 15 heavy (non-hydrogen) atoms. The van der Waals surface area contributed by atoms with Gasteiger partial charge in [0.15, 0.2) is 5.82 Å². The highest BCUT2D eigenvalue weighted by Gasteiger charge is 2.24. The molecule has 1 atom stereocenters. The van der Waals surface area contributed by atoms with E-state index in [1.165, 1.54) is 25.7 Å². The maximum atomic E-state index is 5.96. The van der Waals surface area contributed by atoms with Crippen LogP contribution in [0.15, 0.2) is 6.20 Å². The van der Waals surface area contributed by atoms with Crippen LogP contribution in [0.25, 0.3) is 0 Å². The van der Waals surface area contributed by atoms with Crippen molar-refractivity contribution in [1.82, 2.24) is 9.78 Å². The maximum absolute atomic E-state index is 5.96. The van der Waals surface area contributed by atoms with E-state index in [2.05, 4.69) is 16.9 Å². The van der Waals surface area contributed by atoms with E-state index in [1.54, 1.807) is 4.68 Å². The van der Waals surface area contributed by atoms with Gasteiger partial charge in [0.25, 0.3) is 0 Å². The minimum Gasteiger partial charge on any atom is -0.394 e. The van der Waals surface area contributed by atoms with Crippen LogP contribution in [0.3, 0.4) is 0 Å². The van der Waals surface area contributed by atoms with Crippen LogP contribution >= 0.6 is 0 Å². The lowest BCUT2D eigenvalue weighted by Gasteiger charge is -2.35. The number of anilines is 2. The van der Waals surface area contributed by atoms with Crippen LogP contribution in [-0.4, -0.2) is 22.4 Å². The number of rotatable bonds is 2. The summed E-state index contributed by atoms with van der Waals surface area (Å²) in [5, 5.41) is 4.45. The molecule has 1 saturated heterocycles. The first-order valence-corrected chi connectivity index (χ1v) is 5.78. The van der Waals surface area contributed by atoms with Crippen molar-refractivity contribution in [2.75, 3.05) is 17.2 Å². The van der Waals surface area contributed by atoms with Gasteiger partial charge in [-0.15, -0.1) is 0 Å². The molecule has 0 spiro atoms. The molecule has 0 saturated carbocycles. The highest BCUT2D eigenvalue weighted by Crippen LogP contribution is 2.28. The molecular formula is C11H20N4. The summed E-state index contributed by atoms with van der Waals surface area (Å²) in [4.78, 5) is 2.37. The zero-order valence-electron chi connectivity index (χ0n) is 9.61. The van der Waals surface area contributed by atoms with Crippen LogP contribution in [0, 0.1) is 0 Å². The lowest BCUT2D eigenvalue weighted by molar-refractivity contribution is 0.446. The Bertz CT molecular complexity index is 331. The van der Waals surface area contributed by atoms with Crippen LogP contribution in [0.2, 0.25) is 0 Å². The molecule has 1 aliphatic heterocycles. The quantitative estimate of drug-likeness (QED) is 0.805. The highest BCUT2D eigenvalue weighted by atomic mass is 15.4. The van der Waals surface area contributed by atoms with E-state index < -0.39 is 0 Å². The van der Waals surface area contributed by atoms with Crippen molar-refractivity contribution in [2.45, 2.75) is 38.6 Å². The standard InChI is InChI=1S/C11H20N4/c1-3-9-6-4-5-7-15(9)11-10(12)8-14(2)13-11/h8-9H,3-7,12H2,1-2H3/t9-/m0/s1. The fourth-order valence-corrected chi connectivity index (χ4v) is 2.42. The molecule has 2 rings (SSSR count). The topological polar surface area (TPSA) is 47.1 Å². The Morgan fingerprint density at radius 3 is 2.93 bits per heavy atom. The molecular weight excluding hydrogens is 188 g/mol. The third kappa shape index (κ3) is 1.94. The van der Waals surface area contributed by atoms with Crippen LogP contribution < -0.4 is 10.6 Å². The Hall–Kier alpha value is -1.19. The minimum absolute atomic E-state index is 0.621. The molecule has 0 unspecified atom stereocenters. The SMILES string of the molecule is CC[C@H]1CCCCN1c1nn(C)cc1N. The maximum Gasteiger partial charge on any atom is 0.174 e. The monoisotopic (exact) mass is 208 g/mol. The zero-order chi connectivity index (χ0) is 10.8. The molecule has 2 N–H and O–H groups in total. The smallest absolute Gasteiger partial charge is 0.174 e. The van der Waals surface area contributed by atoms with Gasteiger partial charge in [-0.2, -0.15) is 5.10 Å². The first-order valence-electron chi connectivity index (χ1n) is 5.78. The van der Waals surface area contributed by atoms with Crippen LogP contribution in [0.1, 0.15) is 32.6 Å². The van der Waals surface area contributed by atoms with E-state index in [9.17, 15) is 0 Å². The van der Waals surface area contributed by atoms with E-state index >= 15 is 0 Å². The summed E-state index contributed by atoms with van der Waals surface area (Å²) in [7, 11) is 1.92. The van der Waals surface area contributed by atoms with Crippen molar-refractivity contribution in [3.8, 4) is 0 Å². The zero-order valence-corrected chi connectivity index (χ0v) is 9.61. The Balaban J connectivity index is 2.23. The number of hydrogen-bond acceptors (Lipinski definition) is 3. The van der Waals surface area contributed by atoms with Crippen molar-refractivity contribution < 1.29 is 0 Å². The van der Waals surface area contributed by atoms with Gasteiger partial charge in [0.1, 0.15) is 0 Å². The highest BCUT2D eigenvalue weighted by molar-refractivity contribution is 5.62. The summed E-state index contributed by atoms with van der Waals surface area (Å²) in [6, 6.07) is 0.621. The van der Waals surface area contributed by atoms with Gasteiger partial charge >= 0.3 is 0 Å². The van der Waals surface area contributed by atoms with Crippen LogP contribution in [0.4, 0.5) is 11.5 Å². The fourth-order valence-electron chi connectivity index (χ4n) is 2.42.